The Morgan fingerprint density at radius 3 is 2.66 bits per heavy atom. The Labute approximate surface area is 218 Å². The van der Waals surface area contributed by atoms with Crippen molar-refractivity contribution >= 4 is 32.4 Å². The molecule has 0 aliphatic rings. The van der Waals surface area contributed by atoms with Crippen LogP contribution >= 0.6 is 0 Å². The van der Waals surface area contributed by atoms with Crippen molar-refractivity contribution < 1.29 is 13.5 Å². The van der Waals surface area contributed by atoms with E-state index < -0.39 is 16.1 Å². The third kappa shape index (κ3) is 5.17. The molecule has 12 heteroatoms. The topological polar surface area (TPSA) is 158 Å². The largest absolute Gasteiger partial charge is 0.387 e. The fourth-order valence-corrected chi connectivity index (χ4v) is 4.91. The number of anilines is 2. The van der Waals surface area contributed by atoms with Gasteiger partial charge in [-0.05, 0) is 54.8 Å². The summed E-state index contributed by atoms with van der Waals surface area (Å²) in [6.07, 6.45) is 6.88. The zero-order chi connectivity index (χ0) is 27.0. The molecule has 0 radical (unpaired) electrons. The van der Waals surface area contributed by atoms with Crippen LogP contribution in [0.25, 0.3) is 28.1 Å². The van der Waals surface area contributed by atoms with Crippen LogP contribution in [-0.4, -0.2) is 50.8 Å². The lowest BCUT2D eigenvalue weighted by Gasteiger charge is -2.17. The molecular formula is C26H27N7O4S. The van der Waals surface area contributed by atoms with Gasteiger partial charge in [0, 0.05) is 30.8 Å². The summed E-state index contributed by atoms with van der Waals surface area (Å²) in [5.41, 5.74) is 5.45. The number of rotatable bonds is 8. The molecule has 1 atom stereocenters. The zero-order valence-corrected chi connectivity index (χ0v) is 21.8. The van der Waals surface area contributed by atoms with Crippen molar-refractivity contribution in [3.8, 4) is 17.1 Å². The molecule has 38 heavy (non-hydrogen) atoms. The number of sulfonamides is 1. The van der Waals surface area contributed by atoms with Crippen LogP contribution in [-0.2, 0) is 10.0 Å². The molecule has 3 heterocycles. The van der Waals surface area contributed by atoms with E-state index in [1.165, 1.54) is 6.20 Å². The molecule has 11 nitrogen and oxygen atoms in total. The van der Waals surface area contributed by atoms with E-state index in [2.05, 4.69) is 25.0 Å². The predicted octanol–water partition coefficient (Wildman–Crippen LogP) is 3.24. The van der Waals surface area contributed by atoms with Crippen LogP contribution in [0.5, 0.6) is 0 Å². The number of aliphatic hydroxyl groups is 1. The highest BCUT2D eigenvalue weighted by Gasteiger charge is 2.18. The van der Waals surface area contributed by atoms with Crippen molar-refractivity contribution in [1.82, 2.24) is 24.5 Å². The molecule has 0 bridgehead atoms. The number of aromatic amines is 2. The summed E-state index contributed by atoms with van der Waals surface area (Å²) in [7, 11) is -3.47. The number of nitrogens with zero attached hydrogens (tertiary/aromatic N) is 3. The van der Waals surface area contributed by atoms with Gasteiger partial charge in [-0.2, -0.15) is 0 Å². The van der Waals surface area contributed by atoms with Crippen LogP contribution in [0.2, 0.25) is 0 Å². The third-order valence-electron chi connectivity index (χ3n) is 6.19. The van der Waals surface area contributed by atoms with Crippen molar-refractivity contribution in [2.24, 2.45) is 0 Å². The van der Waals surface area contributed by atoms with Gasteiger partial charge in [0.2, 0.25) is 10.0 Å². The number of nitrogens with one attached hydrogen (secondary N) is 4. The van der Waals surface area contributed by atoms with Crippen molar-refractivity contribution in [3.63, 3.8) is 0 Å². The third-order valence-corrected chi connectivity index (χ3v) is 6.78. The van der Waals surface area contributed by atoms with Crippen molar-refractivity contribution in [1.29, 1.82) is 0 Å². The van der Waals surface area contributed by atoms with E-state index in [1.54, 1.807) is 43.7 Å². The molecular weight excluding hydrogens is 506 g/mol. The summed E-state index contributed by atoms with van der Waals surface area (Å²) in [5.74, 6) is 0.389. The van der Waals surface area contributed by atoms with Gasteiger partial charge in [0.1, 0.15) is 11.4 Å². The number of hydrogen-bond donors (Lipinski definition) is 5. The second-order valence-corrected chi connectivity index (χ2v) is 10.9. The molecule has 3 aromatic heterocycles. The maximum atomic E-state index is 12.9. The number of aryl methyl sites for hydroxylation is 2. The van der Waals surface area contributed by atoms with Gasteiger partial charge in [-0.3, -0.25) is 9.52 Å². The number of aromatic nitrogens is 5. The fraction of sp³-hybridized carbons (Fsp3) is 0.192. The maximum Gasteiger partial charge on any atom is 0.261 e. The van der Waals surface area contributed by atoms with Crippen LogP contribution < -0.4 is 15.6 Å². The number of benzene rings is 2. The summed E-state index contributed by atoms with van der Waals surface area (Å²) in [5, 5.41) is 14.0. The molecule has 0 saturated carbocycles. The Morgan fingerprint density at radius 2 is 1.92 bits per heavy atom. The number of hydrogen-bond acceptors (Lipinski definition) is 7. The molecule has 5 rings (SSSR count). The quantitative estimate of drug-likeness (QED) is 0.205. The van der Waals surface area contributed by atoms with Crippen LogP contribution in [0.1, 0.15) is 22.8 Å². The highest BCUT2D eigenvalue weighted by molar-refractivity contribution is 7.92. The molecule has 0 fully saturated rings. The molecule has 0 spiro atoms. The second-order valence-electron chi connectivity index (χ2n) is 9.15. The average Bonchev–Trinajstić information content (AvgIpc) is 3.53. The Balaban J connectivity index is 1.44. The molecule has 2 aromatic carbocycles. The minimum atomic E-state index is -3.47. The van der Waals surface area contributed by atoms with Crippen molar-refractivity contribution in [2.45, 2.75) is 20.0 Å². The summed E-state index contributed by atoms with van der Waals surface area (Å²) >= 11 is 0. The molecule has 0 aliphatic heterocycles. The summed E-state index contributed by atoms with van der Waals surface area (Å²) in [6.45, 7) is 3.80. The van der Waals surface area contributed by atoms with Crippen LogP contribution in [0.3, 0.4) is 0 Å². The van der Waals surface area contributed by atoms with Crippen molar-refractivity contribution in [3.05, 3.63) is 88.4 Å². The standard InChI is InChI=1S/C26H27N7O4S/c1-15-4-5-17(11-20(15)32-38(3,36)37)22(34)13-29-19-6-7-28-26(35)23(19)25-30-21-12-18(33-9-8-27-14-33)10-16(2)24(21)31-25/h4-12,14,22,32,34H,13H2,1-3H3,(H,30,31)(H2,28,29,35). The van der Waals surface area contributed by atoms with Gasteiger partial charge >= 0.3 is 0 Å². The first kappa shape index (κ1) is 25.2. The molecule has 0 amide bonds. The SMILES string of the molecule is Cc1ccc(C(O)CNc2cc[nH]c(=O)c2-c2nc3c(C)cc(-n4ccnc4)cc3[nH]2)cc1NS(C)(=O)=O. The first-order valence-corrected chi connectivity index (χ1v) is 13.7. The van der Waals surface area contributed by atoms with Gasteiger partial charge in [-0.25, -0.2) is 18.4 Å². The molecule has 5 aromatic rings. The van der Waals surface area contributed by atoms with E-state index in [4.69, 9.17) is 4.98 Å². The molecule has 1 unspecified atom stereocenters. The highest BCUT2D eigenvalue weighted by atomic mass is 32.2. The molecule has 0 aliphatic carbocycles. The minimum Gasteiger partial charge on any atom is -0.387 e. The van der Waals surface area contributed by atoms with E-state index in [-0.39, 0.29) is 12.1 Å². The Morgan fingerprint density at radius 1 is 1.11 bits per heavy atom. The number of aliphatic hydroxyl groups excluding tert-OH is 1. The Bertz CT molecular complexity index is 1790. The summed E-state index contributed by atoms with van der Waals surface area (Å²) in [6, 6.07) is 10.7. The molecule has 196 valence electrons. The van der Waals surface area contributed by atoms with Crippen LogP contribution in [0.4, 0.5) is 11.4 Å². The van der Waals surface area contributed by atoms with Gasteiger partial charge < -0.3 is 25.0 Å². The van der Waals surface area contributed by atoms with Gasteiger partial charge in [-0.1, -0.05) is 12.1 Å². The number of pyridine rings is 1. The average molecular weight is 534 g/mol. The minimum absolute atomic E-state index is 0.0713. The van der Waals surface area contributed by atoms with Gasteiger partial charge in [0.05, 0.1) is 41.1 Å². The Kier molecular flexibility index (Phi) is 6.51. The Hall–Kier alpha value is -4.42. The lowest BCUT2D eigenvalue weighted by molar-refractivity contribution is 0.191. The van der Waals surface area contributed by atoms with Crippen LogP contribution in [0.15, 0.2) is 66.1 Å². The van der Waals surface area contributed by atoms with E-state index in [0.29, 0.717) is 28.3 Å². The van der Waals surface area contributed by atoms with Crippen LogP contribution in [0, 0.1) is 13.8 Å². The van der Waals surface area contributed by atoms with E-state index in [1.807, 2.05) is 29.8 Å². The fourth-order valence-electron chi connectivity index (χ4n) is 4.29. The first-order chi connectivity index (χ1) is 18.1. The second kappa shape index (κ2) is 9.80. The summed E-state index contributed by atoms with van der Waals surface area (Å²) in [4.78, 5) is 27.6. The number of fused-ring (bicyclic) bond motifs is 1. The first-order valence-electron chi connectivity index (χ1n) is 11.8. The zero-order valence-electron chi connectivity index (χ0n) is 21.0. The van der Waals surface area contributed by atoms with Gasteiger partial charge in [-0.15, -0.1) is 0 Å². The number of H-pyrrole nitrogens is 2. The smallest absolute Gasteiger partial charge is 0.261 e. The van der Waals surface area contributed by atoms with Gasteiger partial charge in [0.15, 0.2) is 0 Å². The van der Waals surface area contributed by atoms with E-state index in [9.17, 15) is 18.3 Å². The van der Waals surface area contributed by atoms with Gasteiger partial charge in [0.25, 0.3) is 5.56 Å². The highest BCUT2D eigenvalue weighted by Crippen LogP contribution is 2.28. The molecule has 0 saturated heterocycles. The lowest BCUT2D eigenvalue weighted by Crippen LogP contribution is -2.17. The lowest BCUT2D eigenvalue weighted by atomic mass is 10.1. The van der Waals surface area contributed by atoms with Crippen molar-refractivity contribution in [2.75, 3.05) is 22.8 Å². The molecule has 5 N–H and O–H groups in total. The van der Waals surface area contributed by atoms with E-state index in [0.717, 1.165) is 34.1 Å². The summed E-state index contributed by atoms with van der Waals surface area (Å²) < 4.78 is 27.7. The monoisotopic (exact) mass is 533 g/mol. The van der Waals surface area contributed by atoms with E-state index >= 15 is 0 Å². The maximum absolute atomic E-state index is 12.9. The normalized spacial score (nSPS) is 12.5. The number of imidazole rings is 2. The predicted molar refractivity (Wildman–Crippen MR) is 147 cm³/mol.